The van der Waals surface area contributed by atoms with Crippen LogP contribution in [0.5, 0.6) is 0 Å². The van der Waals surface area contributed by atoms with Gasteiger partial charge in [0.15, 0.2) is 16.9 Å². The number of hydrogen-bond acceptors (Lipinski definition) is 9. The lowest BCUT2D eigenvalue weighted by Gasteiger charge is -2.35. The molecule has 43 heavy (non-hydrogen) atoms. The fourth-order valence-corrected chi connectivity index (χ4v) is 6.09. The number of amides is 2. The highest BCUT2D eigenvalue weighted by Crippen LogP contribution is 2.48. The number of ether oxygens (including phenoxy) is 3. The van der Waals surface area contributed by atoms with E-state index in [1.807, 2.05) is 32.9 Å². The van der Waals surface area contributed by atoms with Crippen LogP contribution in [0, 0.1) is 5.92 Å². The molecule has 10 nitrogen and oxygen atoms in total. The molecule has 1 aliphatic carbocycles. The topological polar surface area (TPSA) is 114 Å². The van der Waals surface area contributed by atoms with Gasteiger partial charge in [0.05, 0.1) is 13.2 Å². The minimum Gasteiger partial charge on any atom is -0.480 e. The van der Waals surface area contributed by atoms with Crippen LogP contribution >= 0.6 is 23.4 Å². The first-order valence-corrected chi connectivity index (χ1v) is 16.0. The van der Waals surface area contributed by atoms with Gasteiger partial charge in [0.1, 0.15) is 17.0 Å². The first-order valence-electron chi connectivity index (χ1n) is 14.4. The highest BCUT2D eigenvalue weighted by atomic mass is 35.5. The van der Waals surface area contributed by atoms with Gasteiger partial charge >= 0.3 is 6.09 Å². The second-order valence-electron chi connectivity index (χ2n) is 11.9. The van der Waals surface area contributed by atoms with Crippen LogP contribution in [0.15, 0.2) is 32.9 Å². The molecule has 5 rings (SSSR count). The molecule has 0 bridgehead atoms. The van der Waals surface area contributed by atoms with E-state index in [0.717, 1.165) is 35.7 Å². The quantitative estimate of drug-likeness (QED) is 0.431. The van der Waals surface area contributed by atoms with Crippen LogP contribution < -0.4 is 5.32 Å². The van der Waals surface area contributed by atoms with Gasteiger partial charge in [-0.2, -0.15) is 4.99 Å². The molecular weight excluding hydrogens is 597 g/mol. The number of carbonyl (C=O) groups is 2. The summed E-state index contributed by atoms with van der Waals surface area (Å²) in [5.74, 6) is -2.22. The van der Waals surface area contributed by atoms with Crippen LogP contribution in [0.3, 0.4) is 0 Å². The van der Waals surface area contributed by atoms with Gasteiger partial charge < -0.3 is 24.4 Å². The Morgan fingerprint density at radius 2 is 2.00 bits per heavy atom. The van der Waals surface area contributed by atoms with E-state index in [1.54, 1.807) is 18.3 Å². The summed E-state index contributed by atoms with van der Waals surface area (Å²) in [6.07, 6.45) is 3.76. The lowest BCUT2D eigenvalue weighted by atomic mass is 9.91. The molecule has 4 aliphatic rings. The van der Waals surface area contributed by atoms with E-state index < -0.39 is 23.3 Å². The van der Waals surface area contributed by atoms with Gasteiger partial charge in [-0.1, -0.05) is 23.4 Å². The third-order valence-electron chi connectivity index (χ3n) is 7.39. The molecule has 13 heteroatoms. The van der Waals surface area contributed by atoms with Crippen molar-refractivity contribution in [3.8, 4) is 0 Å². The molecule has 1 saturated carbocycles. The molecule has 232 valence electrons. The lowest BCUT2D eigenvalue weighted by Crippen LogP contribution is -2.53. The number of halogens is 2. The molecule has 2 atom stereocenters. The number of allylic oxidation sites excluding steroid dienone is 1. The summed E-state index contributed by atoms with van der Waals surface area (Å²) < 4.78 is 33.3. The average molecular weight is 634 g/mol. The van der Waals surface area contributed by atoms with E-state index in [4.69, 9.17) is 25.8 Å². The van der Waals surface area contributed by atoms with Crippen molar-refractivity contribution in [3.63, 3.8) is 0 Å². The van der Waals surface area contributed by atoms with Crippen LogP contribution in [-0.4, -0.2) is 84.9 Å². The third kappa shape index (κ3) is 7.30. The Kier molecular flexibility index (Phi) is 9.60. The van der Waals surface area contributed by atoms with Gasteiger partial charge in [0, 0.05) is 43.4 Å². The van der Waals surface area contributed by atoms with Crippen LogP contribution in [0.25, 0.3) is 5.70 Å². The van der Waals surface area contributed by atoms with E-state index in [-0.39, 0.29) is 47.1 Å². The highest BCUT2D eigenvalue weighted by molar-refractivity contribution is 8.13. The number of amidine groups is 1. The Labute approximate surface area is 260 Å². The van der Waals surface area contributed by atoms with Crippen molar-refractivity contribution in [2.24, 2.45) is 20.9 Å². The Morgan fingerprint density at radius 1 is 1.23 bits per heavy atom. The molecule has 1 N–H and O–H groups in total. The number of piperazine rings is 1. The van der Waals surface area contributed by atoms with Crippen molar-refractivity contribution in [1.82, 2.24) is 10.2 Å². The zero-order chi connectivity index (χ0) is 30.9. The van der Waals surface area contributed by atoms with E-state index in [1.165, 1.54) is 0 Å². The van der Waals surface area contributed by atoms with E-state index in [9.17, 15) is 9.59 Å². The second-order valence-corrected chi connectivity index (χ2v) is 13.1. The summed E-state index contributed by atoms with van der Waals surface area (Å²) in [5, 5.41) is 4.10. The predicted molar refractivity (Wildman–Crippen MR) is 167 cm³/mol. The standard InChI is InChI=1S/C30H37ClFN5O5S/c1-30(2,3)42-29(39)37-10-9-33-18(14-37)8-11-41-27-22-25(35-28(43-5)36-26(22)38)23(32)24(34-27)19-12-16(15-40-4)13-20(31)21(19)17-6-7-17/h12-13,17-18,22,33H,6-11,14-15H2,1-5H3/t18-,22?/m0/s1. The number of benzene rings is 1. The van der Waals surface area contributed by atoms with Crippen LogP contribution in [-0.2, 0) is 25.6 Å². The fraction of sp³-hybridized carbons (Fsp3) is 0.567. The van der Waals surface area contributed by atoms with Gasteiger partial charge in [-0.25, -0.2) is 19.2 Å². The van der Waals surface area contributed by atoms with Crippen molar-refractivity contribution < 1.29 is 28.2 Å². The summed E-state index contributed by atoms with van der Waals surface area (Å²) in [4.78, 5) is 40.4. The Balaban J connectivity index is 1.42. The van der Waals surface area contributed by atoms with Gasteiger partial charge in [-0.15, -0.1) is 0 Å². The number of hydrogen-bond donors (Lipinski definition) is 1. The van der Waals surface area contributed by atoms with E-state index in [2.05, 4.69) is 20.3 Å². The number of fused-ring (bicyclic) bond motifs is 1. The smallest absolute Gasteiger partial charge is 0.410 e. The number of methoxy groups -OCH3 is 1. The molecule has 1 aromatic rings. The van der Waals surface area contributed by atoms with Gasteiger partial charge in [-0.3, -0.25) is 4.79 Å². The molecule has 3 aliphatic heterocycles. The number of nitrogens with zero attached hydrogens (tertiary/aromatic N) is 4. The number of carbonyl (C=O) groups excluding carboxylic acids is 2. The molecule has 3 heterocycles. The van der Waals surface area contributed by atoms with Crippen LogP contribution in [0.4, 0.5) is 9.18 Å². The molecular formula is C30H37ClFN5O5S. The highest BCUT2D eigenvalue weighted by Gasteiger charge is 2.43. The zero-order valence-corrected chi connectivity index (χ0v) is 26.6. The maximum absolute atomic E-state index is 16.3. The van der Waals surface area contributed by atoms with Crippen LogP contribution in [0.2, 0.25) is 5.02 Å². The van der Waals surface area contributed by atoms with Crippen molar-refractivity contribution in [1.29, 1.82) is 0 Å². The molecule has 1 aromatic carbocycles. The summed E-state index contributed by atoms with van der Waals surface area (Å²) in [7, 11) is 1.58. The minimum absolute atomic E-state index is 0.0359. The fourth-order valence-electron chi connectivity index (χ4n) is 5.32. The zero-order valence-electron chi connectivity index (χ0n) is 25.0. The maximum atomic E-state index is 16.3. The first kappa shape index (κ1) is 31.6. The van der Waals surface area contributed by atoms with E-state index in [0.29, 0.717) is 43.2 Å². The maximum Gasteiger partial charge on any atom is 0.410 e. The van der Waals surface area contributed by atoms with Crippen molar-refractivity contribution >= 4 is 57.8 Å². The third-order valence-corrected chi connectivity index (χ3v) is 8.25. The monoisotopic (exact) mass is 633 g/mol. The summed E-state index contributed by atoms with van der Waals surface area (Å²) in [6, 6.07) is 3.61. The minimum atomic E-state index is -1.18. The van der Waals surface area contributed by atoms with E-state index >= 15 is 4.39 Å². The summed E-state index contributed by atoms with van der Waals surface area (Å²) >= 11 is 7.88. The lowest BCUT2D eigenvalue weighted by molar-refractivity contribution is -0.118. The Morgan fingerprint density at radius 3 is 2.67 bits per heavy atom. The van der Waals surface area contributed by atoms with Gasteiger partial charge in [-0.05, 0) is 75.5 Å². The van der Waals surface area contributed by atoms with Crippen molar-refractivity contribution in [3.05, 3.63) is 39.7 Å². The summed E-state index contributed by atoms with van der Waals surface area (Å²) in [5.41, 5.74) is 1.53. The van der Waals surface area contributed by atoms with Crippen LogP contribution in [0.1, 0.15) is 62.6 Å². The SMILES string of the molecule is COCc1cc(Cl)c(C2CC2)c(C2=C(F)C3=NC(SC)=NC(=O)C3C(OCC[C@H]3CN(C(=O)OC(C)(C)C)CCN3)=N2)c1. The molecule has 1 saturated heterocycles. The number of aliphatic imine (C=N–C) groups is 3. The Hall–Kier alpha value is -2.80. The number of rotatable bonds is 7. The molecule has 0 aromatic heterocycles. The molecule has 2 amide bonds. The predicted octanol–water partition coefficient (Wildman–Crippen LogP) is 5.35. The first-order chi connectivity index (χ1) is 20.5. The Bertz CT molecular complexity index is 1420. The largest absolute Gasteiger partial charge is 0.480 e. The van der Waals surface area contributed by atoms with Crippen molar-refractivity contribution in [2.75, 3.05) is 39.6 Å². The summed E-state index contributed by atoms with van der Waals surface area (Å²) in [6.45, 7) is 7.55. The van der Waals surface area contributed by atoms with Crippen molar-refractivity contribution in [2.45, 2.75) is 64.2 Å². The normalized spacial score (nSPS) is 22.5. The molecule has 1 unspecified atom stereocenters. The molecule has 0 radical (unpaired) electrons. The second kappa shape index (κ2) is 13.1. The number of thioether (sulfide) groups is 1. The molecule has 0 spiro atoms. The van der Waals surface area contributed by atoms with Gasteiger partial charge in [0.25, 0.3) is 5.91 Å². The van der Waals surface area contributed by atoms with Gasteiger partial charge in [0.2, 0.25) is 5.90 Å². The molecule has 2 fully saturated rings. The average Bonchev–Trinajstić information content (AvgIpc) is 3.78. The number of nitrogens with one attached hydrogen (secondary N) is 1.